The molecule has 0 fully saturated rings. The van der Waals surface area contributed by atoms with Crippen LogP contribution in [0.25, 0.3) is 0 Å². The lowest BCUT2D eigenvalue weighted by atomic mass is 10.3. The van der Waals surface area contributed by atoms with E-state index in [0.717, 1.165) is 17.8 Å². The molecule has 1 aromatic heterocycles. The molecule has 0 bridgehead atoms. The standard InChI is InChI=1S/C12H19N3O2/c1-4-5-13-12(16)8-15-10-6-9(2)14-7-11(10)17-3/h6-7H,4-5,8H2,1-3H3,(H,13,16)(H,14,15). The van der Waals surface area contributed by atoms with Gasteiger partial charge in [0, 0.05) is 12.2 Å². The van der Waals surface area contributed by atoms with Gasteiger partial charge in [0.25, 0.3) is 0 Å². The maximum absolute atomic E-state index is 11.4. The van der Waals surface area contributed by atoms with E-state index in [2.05, 4.69) is 15.6 Å². The van der Waals surface area contributed by atoms with Gasteiger partial charge in [-0.2, -0.15) is 0 Å². The third kappa shape index (κ3) is 4.30. The minimum Gasteiger partial charge on any atom is -0.493 e. The molecule has 1 aromatic rings. The molecule has 0 radical (unpaired) electrons. The first-order chi connectivity index (χ1) is 8.17. The summed E-state index contributed by atoms with van der Waals surface area (Å²) in [7, 11) is 1.58. The quantitative estimate of drug-likeness (QED) is 0.783. The maximum Gasteiger partial charge on any atom is 0.239 e. The Morgan fingerprint density at radius 1 is 1.53 bits per heavy atom. The Kier molecular flexibility index (Phi) is 5.26. The molecular formula is C12H19N3O2. The SMILES string of the molecule is CCCNC(=O)CNc1cc(C)ncc1OC. The van der Waals surface area contributed by atoms with Crippen molar-refractivity contribution in [1.29, 1.82) is 0 Å². The van der Waals surface area contributed by atoms with Crippen molar-refractivity contribution in [3.8, 4) is 5.75 Å². The molecule has 0 spiro atoms. The molecule has 0 aromatic carbocycles. The Morgan fingerprint density at radius 2 is 2.29 bits per heavy atom. The fourth-order valence-electron chi connectivity index (χ4n) is 1.35. The van der Waals surface area contributed by atoms with Gasteiger partial charge in [-0.15, -0.1) is 0 Å². The first-order valence-electron chi connectivity index (χ1n) is 5.68. The zero-order valence-electron chi connectivity index (χ0n) is 10.5. The summed E-state index contributed by atoms with van der Waals surface area (Å²) >= 11 is 0. The fourth-order valence-corrected chi connectivity index (χ4v) is 1.35. The molecule has 0 aliphatic rings. The summed E-state index contributed by atoms with van der Waals surface area (Å²) in [5, 5.41) is 5.83. The lowest BCUT2D eigenvalue weighted by Crippen LogP contribution is -2.30. The van der Waals surface area contributed by atoms with Crippen molar-refractivity contribution in [1.82, 2.24) is 10.3 Å². The molecule has 1 amide bonds. The molecule has 94 valence electrons. The van der Waals surface area contributed by atoms with Crippen LogP contribution in [0.2, 0.25) is 0 Å². The Bertz CT molecular complexity index is 380. The van der Waals surface area contributed by atoms with Gasteiger partial charge in [0.15, 0.2) is 5.75 Å². The molecule has 17 heavy (non-hydrogen) atoms. The van der Waals surface area contributed by atoms with Crippen LogP contribution in [0.3, 0.4) is 0 Å². The summed E-state index contributed by atoms with van der Waals surface area (Å²) in [6.07, 6.45) is 2.57. The van der Waals surface area contributed by atoms with Crippen molar-refractivity contribution in [2.75, 3.05) is 25.5 Å². The minimum absolute atomic E-state index is 0.0247. The van der Waals surface area contributed by atoms with Gasteiger partial charge in [-0.05, 0) is 19.4 Å². The van der Waals surface area contributed by atoms with Crippen molar-refractivity contribution in [2.24, 2.45) is 0 Å². The Hall–Kier alpha value is -1.78. The number of ether oxygens (including phenoxy) is 1. The highest BCUT2D eigenvalue weighted by atomic mass is 16.5. The summed E-state index contributed by atoms with van der Waals surface area (Å²) < 4.78 is 5.16. The van der Waals surface area contributed by atoms with Gasteiger partial charge in [0.05, 0.1) is 25.5 Å². The average Bonchev–Trinajstić information content (AvgIpc) is 2.34. The van der Waals surface area contributed by atoms with E-state index in [1.54, 1.807) is 13.3 Å². The van der Waals surface area contributed by atoms with Gasteiger partial charge < -0.3 is 15.4 Å². The molecule has 0 saturated carbocycles. The van der Waals surface area contributed by atoms with Crippen LogP contribution in [0.1, 0.15) is 19.0 Å². The monoisotopic (exact) mass is 237 g/mol. The topological polar surface area (TPSA) is 63.2 Å². The number of aryl methyl sites for hydroxylation is 1. The molecule has 1 heterocycles. The van der Waals surface area contributed by atoms with E-state index in [4.69, 9.17) is 4.74 Å². The number of nitrogens with one attached hydrogen (secondary N) is 2. The number of pyridine rings is 1. The van der Waals surface area contributed by atoms with Crippen LogP contribution in [0.4, 0.5) is 5.69 Å². The van der Waals surface area contributed by atoms with E-state index in [9.17, 15) is 4.79 Å². The normalized spacial score (nSPS) is 9.82. The van der Waals surface area contributed by atoms with Crippen molar-refractivity contribution in [3.63, 3.8) is 0 Å². The van der Waals surface area contributed by atoms with E-state index in [1.165, 1.54) is 0 Å². The summed E-state index contributed by atoms with van der Waals surface area (Å²) in [6, 6.07) is 1.85. The second-order valence-electron chi connectivity index (χ2n) is 3.73. The van der Waals surface area contributed by atoms with Gasteiger partial charge in [-0.1, -0.05) is 6.92 Å². The number of carbonyl (C=O) groups is 1. The number of anilines is 1. The minimum atomic E-state index is -0.0247. The summed E-state index contributed by atoms with van der Waals surface area (Å²) in [6.45, 7) is 4.84. The highest BCUT2D eigenvalue weighted by Crippen LogP contribution is 2.22. The number of nitrogens with zero attached hydrogens (tertiary/aromatic N) is 1. The third-order valence-corrected chi connectivity index (χ3v) is 2.24. The van der Waals surface area contributed by atoms with Crippen LogP contribution in [-0.4, -0.2) is 31.1 Å². The van der Waals surface area contributed by atoms with E-state index in [1.807, 2.05) is 19.9 Å². The molecular weight excluding hydrogens is 218 g/mol. The zero-order valence-corrected chi connectivity index (χ0v) is 10.5. The fraction of sp³-hybridized carbons (Fsp3) is 0.500. The number of hydrogen-bond acceptors (Lipinski definition) is 4. The number of aromatic nitrogens is 1. The summed E-state index contributed by atoms with van der Waals surface area (Å²) in [5.41, 5.74) is 1.66. The number of hydrogen-bond donors (Lipinski definition) is 2. The number of rotatable bonds is 6. The third-order valence-electron chi connectivity index (χ3n) is 2.24. The van der Waals surface area contributed by atoms with Crippen LogP contribution >= 0.6 is 0 Å². The molecule has 5 heteroatoms. The summed E-state index contributed by atoms with van der Waals surface area (Å²) in [5.74, 6) is 0.613. The van der Waals surface area contributed by atoms with Crippen LogP contribution in [-0.2, 0) is 4.79 Å². The van der Waals surface area contributed by atoms with Gasteiger partial charge in [-0.3, -0.25) is 9.78 Å². The highest BCUT2D eigenvalue weighted by molar-refractivity contribution is 5.81. The predicted octanol–water partition coefficient (Wildman–Crippen LogP) is 1.34. The number of amides is 1. The first-order valence-corrected chi connectivity index (χ1v) is 5.68. The van der Waals surface area contributed by atoms with Crippen molar-refractivity contribution < 1.29 is 9.53 Å². The Morgan fingerprint density at radius 3 is 2.94 bits per heavy atom. The highest BCUT2D eigenvalue weighted by Gasteiger charge is 2.05. The summed E-state index contributed by atoms with van der Waals surface area (Å²) in [4.78, 5) is 15.6. The Labute approximate surface area is 102 Å². The van der Waals surface area contributed by atoms with Crippen molar-refractivity contribution in [2.45, 2.75) is 20.3 Å². The van der Waals surface area contributed by atoms with Gasteiger partial charge >= 0.3 is 0 Å². The van der Waals surface area contributed by atoms with E-state index in [-0.39, 0.29) is 12.5 Å². The van der Waals surface area contributed by atoms with Gasteiger partial charge in [-0.25, -0.2) is 0 Å². The van der Waals surface area contributed by atoms with E-state index in [0.29, 0.717) is 12.3 Å². The Balaban J connectivity index is 2.56. The molecule has 0 atom stereocenters. The molecule has 0 aliphatic carbocycles. The molecule has 5 nitrogen and oxygen atoms in total. The lowest BCUT2D eigenvalue weighted by Gasteiger charge is -2.11. The van der Waals surface area contributed by atoms with Crippen LogP contribution in [0.15, 0.2) is 12.3 Å². The van der Waals surface area contributed by atoms with Crippen LogP contribution < -0.4 is 15.4 Å². The van der Waals surface area contributed by atoms with Crippen LogP contribution in [0, 0.1) is 6.92 Å². The zero-order chi connectivity index (χ0) is 12.7. The second-order valence-corrected chi connectivity index (χ2v) is 3.73. The molecule has 0 saturated heterocycles. The molecule has 2 N–H and O–H groups in total. The number of carbonyl (C=O) groups excluding carboxylic acids is 1. The molecule has 0 aliphatic heterocycles. The van der Waals surface area contributed by atoms with E-state index >= 15 is 0 Å². The van der Waals surface area contributed by atoms with Crippen LogP contribution in [0.5, 0.6) is 5.75 Å². The van der Waals surface area contributed by atoms with Gasteiger partial charge in [0.2, 0.25) is 5.91 Å². The average molecular weight is 237 g/mol. The van der Waals surface area contributed by atoms with Crippen molar-refractivity contribution >= 4 is 11.6 Å². The maximum atomic E-state index is 11.4. The van der Waals surface area contributed by atoms with Crippen molar-refractivity contribution in [3.05, 3.63) is 18.0 Å². The molecule has 1 rings (SSSR count). The van der Waals surface area contributed by atoms with E-state index < -0.39 is 0 Å². The molecule has 0 unspecified atom stereocenters. The number of methoxy groups -OCH3 is 1. The smallest absolute Gasteiger partial charge is 0.239 e. The van der Waals surface area contributed by atoms with Gasteiger partial charge in [0.1, 0.15) is 0 Å². The lowest BCUT2D eigenvalue weighted by molar-refractivity contribution is -0.119. The first kappa shape index (κ1) is 13.3. The largest absolute Gasteiger partial charge is 0.493 e. The second kappa shape index (κ2) is 6.73. The predicted molar refractivity (Wildman–Crippen MR) is 67.3 cm³/mol.